The third-order valence-corrected chi connectivity index (χ3v) is 2.63. The van der Waals surface area contributed by atoms with Gasteiger partial charge in [0.2, 0.25) is 0 Å². The molecule has 0 unspecified atom stereocenters. The van der Waals surface area contributed by atoms with E-state index in [1.54, 1.807) is 6.07 Å². The summed E-state index contributed by atoms with van der Waals surface area (Å²) in [6.07, 6.45) is -3.90. The smallest absolute Gasteiger partial charge is 0.166 e. The molecule has 5 heteroatoms. The average molecular weight is 332 g/mol. The lowest BCUT2D eigenvalue weighted by atomic mass is 10.1. The molecule has 0 fully saturated rings. The zero-order valence-corrected chi connectivity index (χ0v) is 10.2. The molecule has 0 aliphatic rings. The fourth-order valence-corrected chi connectivity index (χ4v) is 1.92. The van der Waals surface area contributed by atoms with Gasteiger partial charge < -0.3 is 0 Å². The maximum absolute atomic E-state index is 12.5. The maximum Gasteiger partial charge on any atom is 0.416 e. The summed E-state index contributed by atoms with van der Waals surface area (Å²) in [5.41, 5.74) is -0.246. The minimum Gasteiger partial charge on any atom is -0.166 e. The third kappa shape index (κ3) is 2.98. The highest BCUT2D eigenvalue weighted by molar-refractivity contribution is 9.10. The van der Waals surface area contributed by atoms with Crippen LogP contribution in [-0.2, 0) is 12.6 Å². The van der Waals surface area contributed by atoms with Crippen molar-refractivity contribution in [2.75, 3.05) is 5.33 Å². The molecule has 78 valence electrons. The first-order valence-electron chi connectivity index (χ1n) is 3.86. The van der Waals surface area contributed by atoms with E-state index in [0.29, 0.717) is 21.8 Å². The van der Waals surface area contributed by atoms with Gasteiger partial charge >= 0.3 is 6.18 Å². The van der Waals surface area contributed by atoms with E-state index in [4.69, 9.17) is 0 Å². The number of hydrogen-bond acceptors (Lipinski definition) is 0. The molecule has 0 aliphatic heterocycles. The Morgan fingerprint density at radius 2 is 1.86 bits per heavy atom. The molecule has 0 saturated heterocycles. The molecule has 14 heavy (non-hydrogen) atoms. The van der Waals surface area contributed by atoms with Crippen molar-refractivity contribution < 1.29 is 13.2 Å². The van der Waals surface area contributed by atoms with E-state index in [9.17, 15) is 13.2 Å². The minimum atomic E-state index is -4.28. The van der Waals surface area contributed by atoms with Crippen molar-refractivity contribution in [1.82, 2.24) is 0 Å². The van der Waals surface area contributed by atoms with Crippen molar-refractivity contribution in [1.29, 1.82) is 0 Å². The highest BCUT2D eigenvalue weighted by Crippen LogP contribution is 2.34. The fourth-order valence-electron chi connectivity index (χ4n) is 1.13. The second-order valence-corrected chi connectivity index (χ2v) is 4.45. The number of halogens is 5. The first-order valence-corrected chi connectivity index (χ1v) is 5.78. The van der Waals surface area contributed by atoms with Gasteiger partial charge in [0.25, 0.3) is 0 Å². The zero-order valence-electron chi connectivity index (χ0n) is 7.04. The molecule has 1 aromatic carbocycles. The molecule has 0 nitrogen and oxygen atoms in total. The number of aryl methyl sites for hydroxylation is 1. The van der Waals surface area contributed by atoms with Gasteiger partial charge in [0.05, 0.1) is 5.56 Å². The molecular formula is C9H7Br2F3. The van der Waals surface area contributed by atoms with Gasteiger partial charge in [-0.25, -0.2) is 0 Å². The maximum atomic E-state index is 12.5. The molecule has 0 aliphatic carbocycles. The Kier molecular flexibility index (Phi) is 4.01. The Morgan fingerprint density at radius 3 is 2.36 bits per heavy atom. The molecule has 0 amide bonds. The lowest BCUT2D eigenvalue weighted by molar-refractivity contribution is -0.138. The number of hydrogen-bond donors (Lipinski definition) is 0. The Balaban J connectivity index is 3.16. The van der Waals surface area contributed by atoms with Crippen molar-refractivity contribution in [2.24, 2.45) is 0 Å². The molecule has 0 bridgehead atoms. The molecule has 0 N–H and O–H groups in total. The van der Waals surface area contributed by atoms with Crippen LogP contribution in [0.4, 0.5) is 13.2 Å². The monoisotopic (exact) mass is 330 g/mol. The van der Waals surface area contributed by atoms with E-state index in [1.807, 2.05) is 0 Å². The number of benzene rings is 1. The van der Waals surface area contributed by atoms with Crippen LogP contribution in [0.2, 0.25) is 0 Å². The SMILES string of the molecule is FC(F)(F)c1cc(Br)ccc1CCBr. The van der Waals surface area contributed by atoms with Crippen LogP contribution in [0.5, 0.6) is 0 Å². The first-order chi connectivity index (χ1) is 6.45. The van der Waals surface area contributed by atoms with E-state index in [1.165, 1.54) is 6.07 Å². The van der Waals surface area contributed by atoms with E-state index in [0.717, 1.165) is 6.07 Å². The molecule has 0 saturated carbocycles. The molecular weight excluding hydrogens is 325 g/mol. The predicted octanol–water partition coefficient (Wildman–Crippen LogP) is 4.41. The number of alkyl halides is 4. The van der Waals surface area contributed by atoms with Crippen molar-refractivity contribution >= 4 is 31.9 Å². The van der Waals surface area contributed by atoms with Crippen LogP contribution in [0.3, 0.4) is 0 Å². The van der Waals surface area contributed by atoms with E-state index in [-0.39, 0.29) is 0 Å². The van der Waals surface area contributed by atoms with Gasteiger partial charge in [-0.3, -0.25) is 0 Å². The molecule has 1 aromatic rings. The summed E-state index contributed by atoms with van der Waals surface area (Å²) in [4.78, 5) is 0. The summed E-state index contributed by atoms with van der Waals surface area (Å²) in [5, 5.41) is 0.526. The van der Waals surface area contributed by atoms with Gasteiger partial charge in [0.1, 0.15) is 0 Å². The molecule has 1 rings (SSSR count). The largest absolute Gasteiger partial charge is 0.416 e. The predicted molar refractivity (Wildman–Crippen MR) is 56.6 cm³/mol. The topological polar surface area (TPSA) is 0 Å². The van der Waals surface area contributed by atoms with Gasteiger partial charge in [-0.2, -0.15) is 13.2 Å². The van der Waals surface area contributed by atoms with Crippen molar-refractivity contribution in [3.05, 3.63) is 33.8 Å². The summed E-state index contributed by atoms with van der Waals surface area (Å²) in [6.45, 7) is 0. The first kappa shape index (κ1) is 12.0. The highest BCUT2D eigenvalue weighted by Gasteiger charge is 2.33. The van der Waals surface area contributed by atoms with Crippen LogP contribution in [0, 0.1) is 0 Å². The molecule has 0 radical (unpaired) electrons. The summed E-state index contributed by atoms with van der Waals surface area (Å²) in [6, 6.07) is 4.22. The quantitative estimate of drug-likeness (QED) is 0.704. The van der Waals surface area contributed by atoms with Gasteiger partial charge in [-0.15, -0.1) is 0 Å². The minimum absolute atomic E-state index is 0.317. The summed E-state index contributed by atoms with van der Waals surface area (Å²) < 4.78 is 38.0. The summed E-state index contributed by atoms with van der Waals surface area (Å²) in [5.74, 6) is 0. The van der Waals surface area contributed by atoms with Crippen LogP contribution >= 0.6 is 31.9 Å². The number of rotatable bonds is 2. The van der Waals surface area contributed by atoms with Crippen LogP contribution in [0.1, 0.15) is 11.1 Å². The second kappa shape index (κ2) is 4.66. The van der Waals surface area contributed by atoms with Gasteiger partial charge in [-0.05, 0) is 24.1 Å². The van der Waals surface area contributed by atoms with Crippen molar-refractivity contribution in [3.8, 4) is 0 Å². The van der Waals surface area contributed by atoms with E-state index < -0.39 is 11.7 Å². The second-order valence-electron chi connectivity index (χ2n) is 2.74. The van der Waals surface area contributed by atoms with E-state index >= 15 is 0 Å². The normalized spacial score (nSPS) is 11.8. The molecule has 0 aromatic heterocycles. The summed E-state index contributed by atoms with van der Waals surface area (Å²) >= 11 is 6.15. The van der Waals surface area contributed by atoms with Crippen LogP contribution in [-0.4, -0.2) is 5.33 Å². The Labute approximate surface area is 96.8 Å². The van der Waals surface area contributed by atoms with Gasteiger partial charge in [0, 0.05) is 9.80 Å². The average Bonchev–Trinajstić information content (AvgIpc) is 2.07. The van der Waals surface area contributed by atoms with Crippen molar-refractivity contribution in [2.45, 2.75) is 12.6 Å². The Morgan fingerprint density at radius 1 is 1.21 bits per heavy atom. The van der Waals surface area contributed by atoms with Gasteiger partial charge in [-0.1, -0.05) is 37.9 Å². The van der Waals surface area contributed by atoms with Crippen LogP contribution in [0.15, 0.2) is 22.7 Å². The van der Waals surface area contributed by atoms with Crippen LogP contribution < -0.4 is 0 Å². The van der Waals surface area contributed by atoms with E-state index in [2.05, 4.69) is 31.9 Å². The Bertz CT molecular complexity index is 320. The third-order valence-electron chi connectivity index (χ3n) is 1.74. The molecule has 0 atom stereocenters. The molecule has 0 heterocycles. The lowest BCUT2D eigenvalue weighted by Crippen LogP contribution is -2.09. The summed E-state index contributed by atoms with van der Waals surface area (Å²) in [7, 11) is 0. The van der Waals surface area contributed by atoms with Crippen LogP contribution in [0.25, 0.3) is 0 Å². The Hall–Kier alpha value is -0.0300. The lowest BCUT2D eigenvalue weighted by Gasteiger charge is -2.12. The fraction of sp³-hybridized carbons (Fsp3) is 0.333. The van der Waals surface area contributed by atoms with Gasteiger partial charge in [0.15, 0.2) is 0 Å². The standard InChI is InChI=1S/C9H7Br2F3/c10-4-3-6-1-2-7(11)5-8(6)9(12,13)14/h1-2,5H,3-4H2. The van der Waals surface area contributed by atoms with Crippen molar-refractivity contribution in [3.63, 3.8) is 0 Å². The molecule has 0 spiro atoms. The zero-order chi connectivity index (χ0) is 10.8. The highest BCUT2D eigenvalue weighted by atomic mass is 79.9.